The van der Waals surface area contributed by atoms with Crippen molar-refractivity contribution in [3.8, 4) is 16.3 Å². The molecule has 6 nitrogen and oxygen atoms in total. The Morgan fingerprint density at radius 1 is 1.35 bits per heavy atom. The molecule has 0 saturated carbocycles. The molecular formula is C10H10N4O2S. The minimum Gasteiger partial charge on any atom is -0.508 e. The van der Waals surface area contributed by atoms with E-state index in [0.29, 0.717) is 10.1 Å². The van der Waals surface area contributed by atoms with Gasteiger partial charge >= 0.3 is 0 Å². The molecule has 0 saturated heterocycles. The van der Waals surface area contributed by atoms with Gasteiger partial charge in [-0.25, -0.2) is 0 Å². The second-order valence-corrected chi connectivity index (χ2v) is 4.19. The number of aromatic nitrogens is 2. The molecule has 0 unspecified atom stereocenters. The Morgan fingerprint density at radius 3 is 2.71 bits per heavy atom. The van der Waals surface area contributed by atoms with E-state index < -0.39 is 0 Å². The topological polar surface area (TPSA) is 101 Å². The van der Waals surface area contributed by atoms with Crippen LogP contribution in [-0.4, -0.2) is 27.8 Å². The predicted molar refractivity (Wildman–Crippen MR) is 64.7 cm³/mol. The predicted octanol–water partition coefficient (Wildman–Crippen LogP) is 0.808. The molecule has 2 rings (SSSR count). The van der Waals surface area contributed by atoms with E-state index in [1.54, 1.807) is 24.3 Å². The van der Waals surface area contributed by atoms with E-state index in [9.17, 15) is 4.79 Å². The number of hydrogen-bond acceptors (Lipinski definition) is 6. The maximum absolute atomic E-state index is 11.0. The fourth-order valence-electron chi connectivity index (χ4n) is 1.16. The second kappa shape index (κ2) is 4.89. The first-order chi connectivity index (χ1) is 8.19. The van der Waals surface area contributed by atoms with E-state index in [2.05, 4.69) is 15.5 Å². The molecule has 1 heterocycles. The molecule has 1 aromatic carbocycles. The SMILES string of the molecule is NCC(=O)Nc1nnc(-c2ccc(O)cc2)s1. The van der Waals surface area contributed by atoms with E-state index in [0.717, 1.165) is 5.56 Å². The molecule has 0 spiro atoms. The van der Waals surface area contributed by atoms with Gasteiger partial charge < -0.3 is 10.8 Å². The largest absolute Gasteiger partial charge is 0.508 e. The third kappa shape index (κ3) is 2.77. The monoisotopic (exact) mass is 250 g/mol. The Morgan fingerprint density at radius 2 is 2.06 bits per heavy atom. The number of nitrogens with one attached hydrogen (secondary N) is 1. The second-order valence-electron chi connectivity index (χ2n) is 3.21. The molecule has 17 heavy (non-hydrogen) atoms. The van der Waals surface area contributed by atoms with Crippen molar-refractivity contribution in [2.45, 2.75) is 0 Å². The van der Waals surface area contributed by atoms with Crippen LogP contribution >= 0.6 is 11.3 Å². The maximum Gasteiger partial charge on any atom is 0.239 e. The molecule has 2 aromatic rings. The number of rotatable bonds is 3. The summed E-state index contributed by atoms with van der Waals surface area (Å²) in [5, 5.41) is 20.5. The van der Waals surface area contributed by atoms with Gasteiger partial charge in [-0.1, -0.05) is 11.3 Å². The number of carbonyl (C=O) groups is 1. The van der Waals surface area contributed by atoms with Gasteiger partial charge in [-0.2, -0.15) is 0 Å². The number of anilines is 1. The fourth-order valence-corrected chi connectivity index (χ4v) is 1.93. The van der Waals surface area contributed by atoms with E-state index in [1.165, 1.54) is 11.3 Å². The van der Waals surface area contributed by atoms with Crippen LogP contribution in [0.2, 0.25) is 0 Å². The first kappa shape index (κ1) is 11.5. The molecule has 0 aliphatic heterocycles. The van der Waals surface area contributed by atoms with Crippen LogP contribution in [-0.2, 0) is 4.79 Å². The Hall–Kier alpha value is -1.99. The van der Waals surface area contributed by atoms with Gasteiger partial charge in [0.25, 0.3) is 0 Å². The van der Waals surface area contributed by atoms with Gasteiger partial charge in [0.05, 0.1) is 6.54 Å². The first-order valence-electron chi connectivity index (χ1n) is 4.82. The van der Waals surface area contributed by atoms with Crippen LogP contribution in [0.15, 0.2) is 24.3 Å². The molecule has 0 bridgehead atoms. The Labute approximate surface area is 101 Å². The molecule has 0 radical (unpaired) electrons. The molecule has 0 fully saturated rings. The van der Waals surface area contributed by atoms with Crippen LogP contribution in [0.1, 0.15) is 0 Å². The molecule has 0 aliphatic carbocycles. The van der Waals surface area contributed by atoms with Crippen LogP contribution in [0.5, 0.6) is 5.75 Å². The lowest BCUT2D eigenvalue weighted by Gasteiger charge is -1.96. The Balaban J connectivity index is 2.18. The highest BCUT2D eigenvalue weighted by Gasteiger charge is 2.08. The quantitative estimate of drug-likeness (QED) is 0.748. The molecular weight excluding hydrogens is 240 g/mol. The fraction of sp³-hybridized carbons (Fsp3) is 0.100. The number of benzene rings is 1. The average molecular weight is 250 g/mol. The molecule has 7 heteroatoms. The lowest BCUT2D eigenvalue weighted by molar-refractivity contribution is -0.114. The molecule has 1 amide bonds. The maximum atomic E-state index is 11.0. The van der Waals surface area contributed by atoms with Gasteiger partial charge in [-0.15, -0.1) is 10.2 Å². The van der Waals surface area contributed by atoms with Crippen LogP contribution in [0.3, 0.4) is 0 Å². The van der Waals surface area contributed by atoms with E-state index >= 15 is 0 Å². The Kier molecular flexibility index (Phi) is 3.31. The highest BCUT2D eigenvalue weighted by molar-refractivity contribution is 7.18. The van der Waals surface area contributed by atoms with Crippen molar-refractivity contribution in [1.82, 2.24) is 10.2 Å². The normalized spacial score (nSPS) is 10.2. The number of hydrogen-bond donors (Lipinski definition) is 3. The molecule has 88 valence electrons. The third-order valence-corrected chi connectivity index (χ3v) is 2.86. The molecule has 0 atom stereocenters. The summed E-state index contributed by atoms with van der Waals surface area (Å²) in [4.78, 5) is 11.0. The lowest BCUT2D eigenvalue weighted by Crippen LogP contribution is -2.21. The molecule has 1 aromatic heterocycles. The van der Waals surface area contributed by atoms with Crippen molar-refractivity contribution in [2.75, 3.05) is 11.9 Å². The summed E-state index contributed by atoms with van der Waals surface area (Å²) in [6.07, 6.45) is 0. The van der Waals surface area contributed by atoms with Crippen LogP contribution in [0.25, 0.3) is 10.6 Å². The van der Waals surface area contributed by atoms with Gasteiger partial charge in [0, 0.05) is 5.56 Å². The smallest absolute Gasteiger partial charge is 0.239 e. The zero-order valence-corrected chi connectivity index (χ0v) is 9.57. The Bertz CT molecular complexity index is 523. The van der Waals surface area contributed by atoms with Crippen molar-refractivity contribution in [3.05, 3.63) is 24.3 Å². The van der Waals surface area contributed by atoms with Gasteiger partial charge in [-0.3, -0.25) is 10.1 Å². The van der Waals surface area contributed by atoms with E-state index in [-0.39, 0.29) is 18.2 Å². The van der Waals surface area contributed by atoms with Gasteiger partial charge in [-0.05, 0) is 24.3 Å². The summed E-state index contributed by atoms with van der Waals surface area (Å²) < 4.78 is 0. The van der Waals surface area contributed by atoms with E-state index in [1.807, 2.05) is 0 Å². The summed E-state index contributed by atoms with van der Waals surface area (Å²) in [5.74, 6) is -0.117. The van der Waals surface area contributed by atoms with Crippen molar-refractivity contribution in [2.24, 2.45) is 5.73 Å². The summed E-state index contributed by atoms with van der Waals surface area (Å²) in [7, 11) is 0. The van der Waals surface area contributed by atoms with Crippen molar-refractivity contribution in [1.29, 1.82) is 0 Å². The number of nitrogens with two attached hydrogens (primary N) is 1. The number of amides is 1. The lowest BCUT2D eigenvalue weighted by atomic mass is 10.2. The molecule has 0 aliphatic rings. The van der Waals surface area contributed by atoms with Crippen LogP contribution < -0.4 is 11.1 Å². The molecule has 4 N–H and O–H groups in total. The summed E-state index contributed by atoms with van der Waals surface area (Å²) in [6.45, 7) is -0.0892. The van der Waals surface area contributed by atoms with Gasteiger partial charge in [0.15, 0.2) is 0 Å². The number of aromatic hydroxyl groups is 1. The van der Waals surface area contributed by atoms with Crippen molar-refractivity contribution >= 4 is 22.4 Å². The van der Waals surface area contributed by atoms with E-state index in [4.69, 9.17) is 10.8 Å². The first-order valence-corrected chi connectivity index (χ1v) is 5.63. The standard InChI is InChI=1S/C10H10N4O2S/c11-5-8(16)12-10-14-13-9(17-10)6-1-3-7(15)4-2-6/h1-4,15H,5,11H2,(H,12,14,16). The van der Waals surface area contributed by atoms with Gasteiger partial charge in [0.2, 0.25) is 11.0 Å². The highest BCUT2D eigenvalue weighted by Crippen LogP contribution is 2.27. The third-order valence-electron chi connectivity index (χ3n) is 1.97. The van der Waals surface area contributed by atoms with Crippen LogP contribution in [0, 0.1) is 0 Å². The highest BCUT2D eigenvalue weighted by atomic mass is 32.1. The van der Waals surface area contributed by atoms with Crippen molar-refractivity contribution < 1.29 is 9.90 Å². The number of carbonyl (C=O) groups excluding carboxylic acids is 1. The minimum absolute atomic E-state index is 0.0892. The van der Waals surface area contributed by atoms with Crippen LogP contribution in [0.4, 0.5) is 5.13 Å². The number of phenols is 1. The number of nitrogens with zero attached hydrogens (tertiary/aromatic N) is 2. The minimum atomic E-state index is -0.307. The van der Waals surface area contributed by atoms with Gasteiger partial charge in [0.1, 0.15) is 10.8 Å². The summed E-state index contributed by atoms with van der Waals surface area (Å²) >= 11 is 1.24. The summed E-state index contributed by atoms with van der Waals surface area (Å²) in [6, 6.07) is 6.58. The zero-order chi connectivity index (χ0) is 12.3. The average Bonchev–Trinajstić information content (AvgIpc) is 2.78. The number of phenolic OH excluding ortho intramolecular Hbond substituents is 1. The zero-order valence-electron chi connectivity index (χ0n) is 8.75. The summed E-state index contributed by atoms with van der Waals surface area (Å²) in [5.41, 5.74) is 6.00. The van der Waals surface area contributed by atoms with Crippen molar-refractivity contribution in [3.63, 3.8) is 0 Å².